The maximum absolute atomic E-state index is 8.89. The molecule has 0 amide bonds. The number of unbranched alkanes of at least 4 members (excludes halogenated alkanes) is 11. The molecule has 0 heterocycles. The highest BCUT2D eigenvalue weighted by Gasteiger charge is 1.96. The van der Waals surface area contributed by atoms with Crippen LogP contribution in [-0.4, -0.2) is 11.3 Å². The molecule has 0 aliphatic rings. The predicted molar refractivity (Wildman–Crippen MR) is 75.9 cm³/mol. The molecule has 0 rings (SSSR count). The molecule has 0 aliphatic carbocycles. The molecule has 0 aromatic carbocycles. The van der Waals surface area contributed by atoms with Gasteiger partial charge < -0.3 is 10.8 Å². The Hall–Kier alpha value is -0.0800. The lowest BCUT2D eigenvalue weighted by atomic mass is 10.0. The van der Waals surface area contributed by atoms with E-state index in [2.05, 4.69) is 6.92 Å². The highest BCUT2D eigenvalue weighted by atomic mass is 16.3. The van der Waals surface area contributed by atoms with Crippen molar-refractivity contribution >= 4 is 0 Å². The number of hydrogen-bond acceptors (Lipinski definition) is 2. The fourth-order valence-electron chi connectivity index (χ4n) is 2.19. The van der Waals surface area contributed by atoms with Crippen molar-refractivity contribution in [2.24, 2.45) is 5.73 Å². The SMILES string of the molecule is CCCCCCCCCCCCCCC(N)O. The fourth-order valence-corrected chi connectivity index (χ4v) is 2.19. The Balaban J connectivity index is 2.89. The van der Waals surface area contributed by atoms with Gasteiger partial charge >= 0.3 is 0 Å². The van der Waals surface area contributed by atoms with Gasteiger partial charge in [-0.05, 0) is 12.8 Å². The van der Waals surface area contributed by atoms with E-state index in [0.29, 0.717) is 0 Å². The van der Waals surface area contributed by atoms with Gasteiger partial charge in [0.2, 0.25) is 0 Å². The molecule has 2 heteroatoms. The number of nitrogens with two attached hydrogens (primary N) is 1. The number of aliphatic hydroxyl groups is 1. The van der Waals surface area contributed by atoms with Gasteiger partial charge in [-0.15, -0.1) is 0 Å². The van der Waals surface area contributed by atoms with Crippen molar-refractivity contribution in [3.05, 3.63) is 0 Å². The zero-order chi connectivity index (χ0) is 12.8. The molecule has 0 aromatic heterocycles. The average Bonchev–Trinajstić information content (AvgIpc) is 2.30. The third kappa shape index (κ3) is 15.9. The average molecular weight is 243 g/mol. The minimum absolute atomic E-state index is 0.599. The Kier molecular flexibility index (Phi) is 13.9. The lowest BCUT2D eigenvalue weighted by molar-refractivity contribution is 0.168. The maximum Gasteiger partial charge on any atom is 0.102 e. The van der Waals surface area contributed by atoms with E-state index in [9.17, 15) is 0 Å². The lowest BCUT2D eigenvalue weighted by Crippen LogP contribution is -2.17. The van der Waals surface area contributed by atoms with E-state index < -0.39 is 6.23 Å². The number of hydrogen-bond donors (Lipinski definition) is 2. The molecule has 0 spiro atoms. The van der Waals surface area contributed by atoms with Crippen molar-refractivity contribution in [1.29, 1.82) is 0 Å². The summed E-state index contributed by atoms with van der Waals surface area (Å²) in [6.07, 6.45) is 16.4. The van der Waals surface area contributed by atoms with Crippen LogP contribution < -0.4 is 5.73 Å². The molecular weight excluding hydrogens is 210 g/mol. The van der Waals surface area contributed by atoms with Gasteiger partial charge in [-0.25, -0.2) is 0 Å². The number of rotatable bonds is 13. The third-order valence-electron chi connectivity index (χ3n) is 3.35. The molecule has 1 unspecified atom stereocenters. The summed E-state index contributed by atoms with van der Waals surface area (Å²) in [6, 6.07) is 0. The summed E-state index contributed by atoms with van der Waals surface area (Å²) in [5.74, 6) is 0. The largest absolute Gasteiger partial charge is 0.379 e. The van der Waals surface area contributed by atoms with E-state index in [1.54, 1.807) is 0 Å². The molecule has 17 heavy (non-hydrogen) atoms. The van der Waals surface area contributed by atoms with Crippen LogP contribution in [0.1, 0.15) is 90.4 Å². The van der Waals surface area contributed by atoms with Crippen molar-refractivity contribution in [2.75, 3.05) is 0 Å². The summed E-state index contributed by atoms with van der Waals surface area (Å²) >= 11 is 0. The second kappa shape index (κ2) is 14.0. The summed E-state index contributed by atoms with van der Waals surface area (Å²) in [4.78, 5) is 0. The Labute approximate surface area is 108 Å². The van der Waals surface area contributed by atoms with Gasteiger partial charge in [-0.2, -0.15) is 0 Å². The zero-order valence-electron chi connectivity index (χ0n) is 11.8. The van der Waals surface area contributed by atoms with Crippen LogP contribution in [-0.2, 0) is 0 Å². The van der Waals surface area contributed by atoms with E-state index in [4.69, 9.17) is 10.8 Å². The van der Waals surface area contributed by atoms with Gasteiger partial charge in [0.1, 0.15) is 6.23 Å². The molecular formula is C15H33NO. The monoisotopic (exact) mass is 243 g/mol. The van der Waals surface area contributed by atoms with Crippen molar-refractivity contribution < 1.29 is 5.11 Å². The second-order valence-corrected chi connectivity index (χ2v) is 5.25. The van der Waals surface area contributed by atoms with Gasteiger partial charge in [0.25, 0.3) is 0 Å². The van der Waals surface area contributed by atoms with E-state index in [-0.39, 0.29) is 0 Å². The maximum atomic E-state index is 8.89. The highest BCUT2D eigenvalue weighted by Crippen LogP contribution is 2.12. The summed E-state index contributed by atoms with van der Waals surface area (Å²) in [7, 11) is 0. The molecule has 0 aliphatic heterocycles. The molecule has 0 saturated heterocycles. The van der Waals surface area contributed by atoms with Crippen molar-refractivity contribution in [3.8, 4) is 0 Å². The molecule has 1 atom stereocenters. The lowest BCUT2D eigenvalue weighted by Gasteiger charge is -2.04. The molecule has 0 fully saturated rings. The summed E-state index contributed by atoms with van der Waals surface area (Å²) in [5.41, 5.74) is 5.28. The van der Waals surface area contributed by atoms with Crippen LogP contribution >= 0.6 is 0 Å². The molecule has 0 saturated carbocycles. The standard InChI is InChI=1S/C15H33NO/c1-2-3-4-5-6-7-8-9-10-11-12-13-14-15(16)17/h15,17H,2-14,16H2,1H3. The van der Waals surface area contributed by atoms with E-state index in [1.807, 2.05) is 0 Å². The molecule has 104 valence electrons. The smallest absolute Gasteiger partial charge is 0.102 e. The predicted octanol–water partition coefficient (Wildman–Crippen LogP) is 4.35. The van der Waals surface area contributed by atoms with Crippen LogP contribution in [0.4, 0.5) is 0 Å². The first-order chi connectivity index (χ1) is 8.27. The summed E-state index contributed by atoms with van der Waals surface area (Å²) in [6.45, 7) is 2.27. The van der Waals surface area contributed by atoms with E-state index >= 15 is 0 Å². The van der Waals surface area contributed by atoms with Crippen LogP contribution in [0.5, 0.6) is 0 Å². The first-order valence-electron chi connectivity index (χ1n) is 7.71. The molecule has 2 nitrogen and oxygen atoms in total. The van der Waals surface area contributed by atoms with Crippen LogP contribution in [0.25, 0.3) is 0 Å². The third-order valence-corrected chi connectivity index (χ3v) is 3.35. The van der Waals surface area contributed by atoms with Crippen molar-refractivity contribution in [1.82, 2.24) is 0 Å². The topological polar surface area (TPSA) is 46.2 Å². The quantitative estimate of drug-likeness (QED) is 0.373. The molecule has 0 radical (unpaired) electrons. The second-order valence-electron chi connectivity index (χ2n) is 5.25. The Morgan fingerprint density at radius 3 is 1.41 bits per heavy atom. The van der Waals surface area contributed by atoms with Crippen LogP contribution in [0.3, 0.4) is 0 Å². The van der Waals surface area contributed by atoms with Gasteiger partial charge in [0.15, 0.2) is 0 Å². The first-order valence-corrected chi connectivity index (χ1v) is 7.71. The van der Waals surface area contributed by atoms with Crippen molar-refractivity contribution in [2.45, 2.75) is 96.6 Å². The number of aliphatic hydroxyl groups excluding tert-OH is 1. The van der Waals surface area contributed by atoms with Crippen molar-refractivity contribution in [3.63, 3.8) is 0 Å². The minimum atomic E-state index is -0.599. The van der Waals surface area contributed by atoms with E-state index in [0.717, 1.165) is 12.8 Å². The zero-order valence-corrected chi connectivity index (χ0v) is 11.8. The summed E-state index contributed by atoms with van der Waals surface area (Å²) < 4.78 is 0. The van der Waals surface area contributed by atoms with Crippen LogP contribution in [0.15, 0.2) is 0 Å². The van der Waals surface area contributed by atoms with Gasteiger partial charge in [0, 0.05) is 0 Å². The molecule has 0 bridgehead atoms. The minimum Gasteiger partial charge on any atom is -0.379 e. The van der Waals surface area contributed by atoms with Gasteiger partial charge in [-0.1, -0.05) is 77.6 Å². The fraction of sp³-hybridized carbons (Fsp3) is 1.00. The normalized spacial score (nSPS) is 12.9. The van der Waals surface area contributed by atoms with Gasteiger partial charge in [-0.3, -0.25) is 0 Å². The summed E-state index contributed by atoms with van der Waals surface area (Å²) in [5, 5.41) is 8.89. The Bertz CT molecular complexity index is 137. The van der Waals surface area contributed by atoms with Crippen LogP contribution in [0.2, 0.25) is 0 Å². The Morgan fingerprint density at radius 1 is 0.706 bits per heavy atom. The highest BCUT2D eigenvalue weighted by molar-refractivity contribution is 4.50. The van der Waals surface area contributed by atoms with E-state index in [1.165, 1.54) is 70.6 Å². The van der Waals surface area contributed by atoms with Gasteiger partial charge in [0.05, 0.1) is 0 Å². The molecule has 3 N–H and O–H groups in total. The first kappa shape index (κ1) is 16.9. The Morgan fingerprint density at radius 2 is 1.06 bits per heavy atom. The molecule has 0 aromatic rings. The van der Waals surface area contributed by atoms with Crippen LogP contribution in [0, 0.1) is 0 Å².